The average molecular weight is 343 g/mol. The Bertz CT molecular complexity index is 621. The van der Waals surface area contributed by atoms with Gasteiger partial charge in [-0.05, 0) is 40.9 Å². The van der Waals surface area contributed by atoms with Crippen molar-refractivity contribution in [2.24, 2.45) is 0 Å². The second-order valence-corrected chi connectivity index (χ2v) is 7.00. The Balaban J connectivity index is 1.52. The maximum atomic E-state index is 12.6. The monoisotopic (exact) mass is 343 g/mol. The van der Waals surface area contributed by atoms with Gasteiger partial charge in [-0.25, -0.2) is 0 Å². The maximum Gasteiger partial charge on any atom is 0.241 e. The summed E-state index contributed by atoms with van der Waals surface area (Å²) in [7, 11) is 0. The highest BCUT2D eigenvalue weighted by molar-refractivity contribution is 7.07. The number of anilines is 1. The Morgan fingerprint density at radius 2 is 1.92 bits per heavy atom. The van der Waals surface area contributed by atoms with E-state index >= 15 is 0 Å². The van der Waals surface area contributed by atoms with Gasteiger partial charge in [0.2, 0.25) is 5.91 Å². The molecule has 0 aliphatic carbocycles. The lowest BCUT2D eigenvalue weighted by Gasteiger charge is -2.38. The molecule has 1 aromatic carbocycles. The van der Waals surface area contributed by atoms with E-state index in [0.717, 1.165) is 44.8 Å². The summed E-state index contributed by atoms with van der Waals surface area (Å²) in [5, 5.41) is 7.39. The van der Waals surface area contributed by atoms with Gasteiger partial charge in [0.1, 0.15) is 0 Å². The fourth-order valence-corrected chi connectivity index (χ4v) is 3.89. The highest BCUT2D eigenvalue weighted by Crippen LogP contribution is 2.15. The number of carbonyl (C=O) groups excluding carboxylic acids is 1. The molecule has 0 unspecified atom stereocenters. The van der Waals surface area contributed by atoms with Crippen LogP contribution < -0.4 is 5.32 Å². The van der Waals surface area contributed by atoms with Crippen molar-refractivity contribution in [1.29, 1.82) is 0 Å². The van der Waals surface area contributed by atoms with Crippen molar-refractivity contribution in [3.63, 3.8) is 0 Å². The lowest BCUT2D eigenvalue weighted by molar-refractivity contribution is -0.122. The number of benzene rings is 1. The maximum absolute atomic E-state index is 12.6. The molecule has 1 aliphatic rings. The van der Waals surface area contributed by atoms with Crippen molar-refractivity contribution in [2.75, 3.05) is 31.5 Å². The quantitative estimate of drug-likeness (QED) is 0.874. The van der Waals surface area contributed by atoms with Crippen LogP contribution in [0.5, 0.6) is 0 Å². The van der Waals surface area contributed by atoms with E-state index in [4.69, 9.17) is 0 Å². The van der Waals surface area contributed by atoms with Gasteiger partial charge in [-0.1, -0.05) is 25.1 Å². The largest absolute Gasteiger partial charge is 0.325 e. The highest BCUT2D eigenvalue weighted by atomic mass is 32.1. The normalized spacial score (nSPS) is 17.5. The van der Waals surface area contributed by atoms with Crippen molar-refractivity contribution in [2.45, 2.75) is 25.9 Å². The van der Waals surface area contributed by atoms with E-state index in [1.807, 2.05) is 30.3 Å². The zero-order chi connectivity index (χ0) is 16.8. The Kier molecular flexibility index (Phi) is 6.01. The molecule has 1 aliphatic heterocycles. The minimum Gasteiger partial charge on any atom is -0.325 e. The van der Waals surface area contributed by atoms with Crippen LogP contribution in [-0.2, 0) is 11.3 Å². The van der Waals surface area contributed by atoms with Gasteiger partial charge in [0, 0.05) is 38.4 Å². The van der Waals surface area contributed by atoms with Crippen molar-refractivity contribution < 1.29 is 4.79 Å². The predicted molar refractivity (Wildman–Crippen MR) is 100 cm³/mol. The first-order valence-electron chi connectivity index (χ1n) is 8.59. The number of thiophene rings is 1. The van der Waals surface area contributed by atoms with E-state index in [9.17, 15) is 4.79 Å². The third-order valence-electron chi connectivity index (χ3n) is 4.56. The second kappa shape index (κ2) is 8.42. The van der Waals surface area contributed by atoms with E-state index in [0.29, 0.717) is 0 Å². The van der Waals surface area contributed by atoms with Gasteiger partial charge in [-0.3, -0.25) is 14.6 Å². The number of nitrogens with one attached hydrogen (secondary N) is 1. The summed E-state index contributed by atoms with van der Waals surface area (Å²) < 4.78 is 0. The van der Waals surface area contributed by atoms with Crippen LogP contribution in [-0.4, -0.2) is 47.9 Å². The third kappa shape index (κ3) is 4.44. The first-order chi connectivity index (χ1) is 11.8. The first kappa shape index (κ1) is 17.1. The molecule has 5 heteroatoms. The molecular formula is C19H25N3OS. The van der Waals surface area contributed by atoms with Gasteiger partial charge in [0.15, 0.2) is 0 Å². The van der Waals surface area contributed by atoms with Crippen molar-refractivity contribution in [3.05, 3.63) is 52.7 Å². The fourth-order valence-electron chi connectivity index (χ4n) is 3.23. The molecule has 0 radical (unpaired) electrons. The van der Waals surface area contributed by atoms with Crippen LogP contribution >= 0.6 is 11.3 Å². The van der Waals surface area contributed by atoms with Gasteiger partial charge in [0.25, 0.3) is 0 Å². The van der Waals surface area contributed by atoms with Crippen LogP contribution in [0.1, 0.15) is 18.9 Å². The van der Waals surface area contributed by atoms with E-state index in [2.05, 4.69) is 38.9 Å². The molecule has 1 amide bonds. The van der Waals surface area contributed by atoms with Gasteiger partial charge in [0.05, 0.1) is 6.04 Å². The summed E-state index contributed by atoms with van der Waals surface area (Å²) in [5.41, 5.74) is 2.26. The number of piperazine rings is 1. The first-order valence-corrected chi connectivity index (χ1v) is 9.54. The molecule has 0 saturated carbocycles. The van der Waals surface area contributed by atoms with Crippen LogP contribution in [0.15, 0.2) is 47.2 Å². The van der Waals surface area contributed by atoms with Gasteiger partial charge in [-0.2, -0.15) is 11.3 Å². The molecule has 128 valence electrons. The van der Waals surface area contributed by atoms with Gasteiger partial charge in [-0.15, -0.1) is 0 Å². The molecule has 1 atom stereocenters. The molecule has 0 bridgehead atoms. The molecule has 0 spiro atoms. The van der Waals surface area contributed by atoms with Crippen molar-refractivity contribution >= 4 is 22.9 Å². The Morgan fingerprint density at radius 3 is 2.54 bits per heavy atom. The summed E-state index contributed by atoms with van der Waals surface area (Å²) in [6.45, 7) is 7.04. The molecule has 2 aromatic rings. The van der Waals surface area contributed by atoms with Crippen LogP contribution in [0.2, 0.25) is 0 Å². The number of amides is 1. The molecular weight excluding hydrogens is 318 g/mol. The van der Waals surface area contributed by atoms with Crippen molar-refractivity contribution in [3.8, 4) is 0 Å². The topological polar surface area (TPSA) is 35.6 Å². The predicted octanol–water partition coefficient (Wildman–Crippen LogP) is 3.28. The minimum absolute atomic E-state index is 0.0477. The summed E-state index contributed by atoms with van der Waals surface area (Å²) in [6.07, 6.45) is 0.837. The molecule has 4 nitrogen and oxygen atoms in total. The van der Waals surface area contributed by atoms with Crippen molar-refractivity contribution in [1.82, 2.24) is 9.80 Å². The third-order valence-corrected chi connectivity index (χ3v) is 5.30. The smallest absolute Gasteiger partial charge is 0.241 e. The van der Waals surface area contributed by atoms with Crippen LogP contribution in [0, 0.1) is 0 Å². The molecule has 1 fully saturated rings. The Hall–Kier alpha value is -1.69. The molecule has 1 aromatic heterocycles. The second-order valence-electron chi connectivity index (χ2n) is 6.22. The van der Waals surface area contributed by atoms with Gasteiger partial charge < -0.3 is 5.32 Å². The summed E-state index contributed by atoms with van der Waals surface area (Å²) in [5.74, 6) is 0.106. The highest BCUT2D eigenvalue weighted by Gasteiger charge is 2.27. The minimum atomic E-state index is -0.0477. The molecule has 1 N–H and O–H groups in total. The standard InChI is InChI=1S/C19H25N3OS/c1-2-18(19(23)20-17-6-4-3-5-7-17)22-11-9-21(10-12-22)14-16-8-13-24-15-16/h3-8,13,15,18H,2,9-12,14H2,1H3,(H,20,23)/t18-/m0/s1. The summed E-state index contributed by atoms with van der Waals surface area (Å²) in [6, 6.07) is 11.9. The number of hydrogen-bond donors (Lipinski definition) is 1. The average Bonchev–Trinajstić information content (AvgIpc) is 3.11. The number of para-hydroxylation sites is 1. The van der Waals surface area contributed by atoms with E-state index < -0.39 is 0 Å². The number of rotatable bonds is 6. The molecule has 24 heavy (non-hydrogen) atoms. The number of hydrogen-bond acceptors (Lipinski definition) is 4. The number of carbonyl (C=O) groups is 1. The van der Waals surface area contributed by atoms with Crippen LogP contribution in [0.4, 0.5) is 5.69 Å². The fraction of sp³-hybridized carbons (Fsp3) is 0.421. The van der Waals surface area contributed by atoms with Crippen LogP contribution in [0.25, 0.3) is 0 Å². The Morgan fingerprint density at radius 1 is 1.17 bits per heavy atom. The molecule has 1 saturated heterocycles. The summed E-state index contributed by atoms with van der Waals surface area (Å²) >= 11 is 1.75. The zero-order valence-corrected chi connectivity index (χ0v) is 15.0. The number of nitrogens with zero attached hydrogens (tertiary/aromatic N) is 2. The van der Waals surface area contributed by atoms with E-state index in [-0.39, 0.29) is 11.9 Å². The Labute approximate surface area is 148 Å². The van der Waals surface area contributed by atoms with Gasteiger partial charge >= 0.3 is 0 Å². The van der Waals surface area contributed by atoms with Crippen LogP contribution in [0.3, 0.4) is 0 Å². The molecule has 2 heterocycles. The zero-order valence-electron chi connectivity index (χ0n) is 14.1. The lowest BCUT2D eigenvalue weighted by atomic mass is 10.1. The SMILES string of the molecule is CC[C@@H](C(=O)Nc1ccccc1)N1CCN(Cc2ccsc2)CC1. The summed E-state index contributed by atoms with van der Waals surface area (Å²) in [4.78, 5) is 17.4. The lowest BCUT2D eigenvalue weighted by Crippen LogP contribution is -2.53. The van der Waals surface area contributed by atoms with E-state index in [1.165, 1.54) is 5.56 Å². The molecule has 3 rings (SSSR count). The van der Waals surface area contributed by atoms with E-state index in [1.54, 1.807) is 11.3 Å².